The number of nitrogens with zero attached hydrogens (tertiary/aromatic N) is 2. The van der Waals surface area contributed by atoms with Gasteiger partial charge in [0.1, 0.15) is 0 Å². The molecule has 0 aliphatic heterocycles. The van der Waals surface area contributed by atoms with E-state index in [4.69, 9.17) is 9.90 Å². The third-order valence-electron chi connectivity index (χ3n) is 8.91. The van der Waals surface area contributed by atoms with E-state index in [1.807, 2.05) is 0 Å². The van der Waals surface area contributed by atoms with Gasteiger partial charge in [0.2, 0.25) is 5.91 Å². The van der Waals surface area contributed by atoms with Gasteiger partial charge in [-0.15, -0.1) is 0 Å². The normalized spacial score (nSPS) is 15.0. The Balaban J connectivity index is 0.000000617. The number of carboxylic acids is 1. The van der Waals surface area contributed by atoms with Crippen molar-refractivity contribution in [3.05, 3.63) is 95.1 Å². The van der Waals surface area contributed by atoms with Gasteiger partial charge in [-0.05, 0) is 72.7 Å². The lowest BCUT2D eigenvalue weighted by molar-refractivity contribution is -0.192. The number of amides is 1. The number of hydrogen-bond donors (Lipinski definition) is 2. The number of alkyl halides is 3. The van der Waals surface area contributed by atoms with Crippen molar-refractivity contribution in [2.45, 2.75) is 76.7 Å². The van der Waals surface area contributed by atoms with Crippen molar-refractivity contribution in [3.8, 4) is 11.1 Å². The molecule has 3 aromatic carbocycles. The molecule has 0 spiro atoms. The first-order valence-electron chi connectivity index (χ1n) is 16.2. The van der Waals surface area contributed by atoms with Crippen LogP contribution in [-0.4, -0.2) is 66.2 Å². The van der Waals surface area contributed by atoms with Gasteiger partial charge in [0, 0.05) is 38.6 Å². The summed E-state index contributed by atoms with van der Waals surface area (Å²) in [5, 5.41) is 10.9. The summed E-state index contributed by atoms with van der Waals surface area (Å²) in [5.74, 6) is -1.70. The summed E-state index contributed by atoms with van der Waals surface area (Å²) in [6, 6.07) is 27.0. The second-order valence-electron chi connectivity index (χ2n) is 12.8. The quantitative estimate of drug-likeness (QED) is 0.222. The highest BCUT2D eigenvalue weighted by atomic mass is 19.4. The Bertz CT molecular complexity index is 1380. The van der Waals surface area contributed by atoms with Gasteiger partial charge in [-0.3, -0.25) is 4.79 Å². The van der Waals surface area contributed by atoms with E-state index in [2.05, 4.69) is 102 Å². The van der Waals surface area contributed by atoms with Crippen LogP contribution in [-0.2, 0) is 35.5 Å². The van der Waals surface area contributed by atoms with Gasteiger partial charge < -0.3 is 20.2 Å². The molecule has 0 atom stereocenters. The van der Waals surface area contributed by atoms with Crippen molar-refractivity contribution < 1.29 is 27.9 Å². The highest BCUT2D eigenvalue weighted by Crippen LogP contribution is 2.29. The van der Waals surface area contributed by atoms with Crippen molar-refractivity contribution in [2.75, 3.05) is 27.2 Å². The Kier molecular flexibility index (Phi) is 12.8. The highest BCUT2D eigenvalue weighted by Gasteiger charge is 2.38. The number of halogens is 3. The smallest absolute Gasteiger partial charge is 0.475 e. The number of likely N-dealkylation sites (N-methyl/N-ethyl adjacent to an activating group) is 1. The molecule has 9 heteroatoms. The van der Waals surface area contributed by atoms with E-state index >= 15 is 0 Å². The van der Waals surface area contributed by atoms with Crippen molar-refractivity contribution in [1.82, 2.24) is 15.1 Å². The van der Waals surface area contributed by atoms with Crippen LogP contribution in [0.15, 0.2) is 72.8 Å². The van der Waals surface area contributed by atoms with Crippen molar-refractivity contribution in [3.63, 3.8) is 0 Å². The van der Waals surface area contributed by atoms with Gasteiger partial charge in [0.15, 0.2) is 0 Å². The first-order chi connectivity index (χ1) is 22.0. The molecule has 1 amide bonds. The zero-order valence-electron chi connectivity index (χ0n) is 26.9. The maximum atomic E-state index is 13.1. The fourth-order valence-electron chi connectivity index (χ4n) is 6.20. The van der Waals surface area contributed by atoms with Crippen LogP contribution in [0.5, 0.6) is 0 Å². The van der Waals surface area contributed by atoms with Gasteiger partial charge in [0.05, 0.1) is 0 Å². The van der Waals surface area contributed by atoms with Gasteiger partial charge in [-0.1, -0.05) is 98.5 Å². The molecule has 5 rings (SSSR count). The van der Waals surface area contributed by atoms with Crippen molar-refractivity contribution in [1.29, 1.82) is 0 Å². The van der Waals surface area contributed by atoms with E-state index in [9.17, 15) is 18.0 Å². The maximum absolute atomic E-state index is 13.1. The lowest BCUT2D eigenvalue weighted by Crippen LogP contribution is -2.36. The Labute approximate surface area is 270 Å². The number of rotatable bonds is 12. The second kappa shape index (κ2) is 16.7. The van der Waals surface area contributed by atoms with E-state index in [0.717, 1.165) is 44.8 Å². The minimum Gasteiger partial charge on any atom is -0.475 e. The number of carboxylic acid groups (broad SMARTS) is 1. The van der Waals surface area contributed by atoms with E-state index in [1.165, 1.54) is 59.1 Å². The van der Waals surface area contributed by atoms with E-state index < -0.39 is 12.1 Å². The third-order valence-corrected chi connectivity index (χ3v) is 8.91. The molecule has 0 saturated heterocycles. The molecule has 2 N–H and O–H groups in total. The van der Waals surface area contributed by atoms with Gasteiger partial charge in [0.25, 0.3) is 0 Å². The zero-order chi connectivity index (χ0) is 33.1. The van der Waals surface area contributed by atoms with Crippen LogP contribution < -0.4 is 5.32 Å². The van der Waals surface area contributed by atoms with Gasteiger partial charge >= 0.3 is 12.1 Å². The Morgan fingerprint density at radius 3 is 1.85 bits per heavy atom. The molecule has 6 nitrogen and oxygen atoms in total. The lowest BCUT2D eigenvalue weighted by Gasteiger charge is -2.25. The Hall–Kier alpha value is -3.69. The molecule has 3 aromatic rings. The average Bonchev–Trinajstić information content (AvgIpc) is 3.71. The van der Waals surface area contributed by atoms with E-state index in [0.29, 0.717) is 24.9 Å². The summed E-state index contributed by atoms with van der Waals surface area (Å²) in [6.45, 7) is 3.26. The molecule has 248 valence electrons. The minimum atomic E-state index is -5.08. The molecule has 0 bridgehead atoms. The summed E-state index contributed by atoms with van der Waals surface area (Å²) in [5.41, 5.74) is 7.95. The molecule has 2 aliphatic carbocycles. The standard InChI is InChI=1S/C35H45N3O.C2HF3O2/c1-37(2)21-22-38(35(39)20-15-27-7-3-4-8-27)26-29-13-18-31(19-14-29)30-16-11-28(12-17-30)25-36-34-23-32-9-5-6-10-33(32)24-34;3-2(4,5)1(6)7/h5-6,9-14,16-19,27,34,36H,3-4,7-8,15,20-26H2,1-2H3;(H,6,7). The number of aliphatic carboxylic acids is 1. The molecule has 0 radical (unpaired) electrons. The number of fused-ring (bicyclic) bond motifs is 1. The number of hydrogen-bond acceptors (Lipinski definition) is 4. The molecule has 0 unspecified atom stereocenters. The van der Waals surface area contributed by atoms with Crippen LogP contribution in [0, 0.1) is 5.92 Å². The molecular formula is C37H46F3N3O3. The van der Waals surface area contributed by atoms with Crippen LogP contribution in [0.25, 0.3) is 11.1 Å². The zero-order valence-corrected chi connectivity index (χ0v) is 26.9. The summed E-state index contributed by atoms with van der Waals surface area (Å²) >= 11 is 0. The van der Waals surface area contributed by atoms with Crippen molar-refractivity contribution >= 4 is 11.9 Å². The highest BCUT2D eigenvalue weighted by molar-refractivity contribution is 5.76. The molecule has 46 heavy (non-hydrogen) atoms. The van der Waals surface area contributed by atoms with Crippen LogP contribution >= 0.6 is 0 Å². The predicted octanol–water partition coefficient (Wildman–Crippen LogP) is 7.10. The van der Waals surface area contributed by atoms with Crippen LogP contribution in [0.2, 0.25) is 0 Å². The Morgan fingerprint density at radius 1 is 0.826 bits per heavy atom. The summed E-state index contributed by atoms with van der Waals surface area (Å²) in [7, 11) is 4.15. The maximum Gasteiger partial charge on any atom is 0.490 e. The minimum absolute atomic E-state index is 0.304. The summed E-state index contributed by atoms with van der Waals surface area (Å²) in [6.07, 6.45) is 4.19. The topological polar surface area (TPSA) is 72.9 Å². The molecule has 1 saturated carbocycles. The van der Waals surface area contributed by atoms with Gasteiger partial charge in [-0.2, -0.15) is 13.2 Å². The largest absolute Gasteiger partial charge is 0.490 e. The van der Waals surface area contributed by atoms with E-state index in [-0.39, 0.29) is 0 Å². The Morgan fingerprint density at radius 2 is 1.35 bits per heavy atom. The number of carbonyl (C=O) groups is 2. The number of carbonyl (C=O) groups excluding carboxylic acids is 1. The lowest BCUT2D eigenvalue weighted by atomic mass is 10.0. The SMILES string of the molecule is CN(C)CCN(Cc1ccc(-c2ccc(CNC3Cc4ccccc4C3)cc2)cc1)C(=O)CCC1CCCC1.O=C(O)C(F)(F)F. The third kappa shape index (κ3) is 11.0. The molecule has 0 heterocycles. The second-order valence-corrected chi connectivity index (χ2v) is 12.8. The van der Waals surface area contributed by atoms with Crippen LogP contribution in [0.3, 0.4) is 0 Å². The molecule has 0 aromatic heterocycles. The fourth-order valence-corrected chi connectivity index (χ4v) is 6.20. The summed E-state index contributed by atoms with van der Waals surface area (Å²) in [4.78, 5) is 26.3. The first kappa shape index (κ1) is 35.2. The number of nitrogens with one attached hydrogen (secondary N) is 1. The molecule has 1 fully saturated rings. The fraction of sp³-hybridized carbons (Fsp3) is 0.459. The number of benzene rings is 3. The summed E-state index contributed by atoms with van der Waals surface area (Å²) < 4.78 is 31.7. The average molecular weight is 638 g/mol. The van der Waals surface area contributed by atoms with Crippen LogP contribution in [0.4, 0.5) is 13.2 Å². The molecule has 2 aliphatic rings. The molecular weight excluding hydrogens is 591 g/mol. The predicted molar refractivity (Wildman–Crippen MR) is 175 cm³/mol. The van der Waals surface area contributed by atoms with Gasteiger partial charge in [-0.25, -0.2) is 4.79 Å². The van der Waals surface area contributed by atoms with E-state index in [1.54, 1.807) is 0 Å². The monoisotopic (exact) mass is 637 g/mol. The first-order valence-corrected chi connectivity index (χ1v) is 16.2. The van der Waals surface area contributed by atoms with Crippen molar-refractivity contribution in [2.24, 2.45) is 5.92 Å². The van der Waals surface area contributed by atoms with Crippen LogP contribution in [0.1, 0.15) is 60.8 Å².